The summed E-state index contributed by atoms with van der Waals surface area (Å²) in [6.45, 7) is 2.77. The summed E-state index contributed by atoms with van der Waals surface area (Å²) in [4.78, 5) is 11.2. The first-order chi connectivity index (χ1) is 6.83. The Morgan fingerprint density at radius 3 is 3.14 bits per heavy atom. The fourth-order valence-electron chi connectivity index (χ4n) is 1.19. The van der Waals surface area contributed by atoms with E-state index in [2.05, 4.69) is 22.4 Å². The van der Waals surface area contributed by atoms with E-state index in [4.69, 9.17) is 0 Å². The summed E-state index contributed by atoms with van der Waals surface area (Å²) in [7, 11) is 0. The van der Waals surface area contributed by atoms with E-state index in [0.29, 0.717) is 13.0 Å². The van der Waals surface area contributed by atoms with Gasteiger partial charge >= 0.3 is 0 Å². The van der Waals surface area contributed by atoms with Crippen molar-refractivity contribution in [2.75, 3.05) is 6.54 Å². The molecule has 0 aromatic carbocycles. The minimum atomic E-state index is 0.145. The highest BCUT2D eigenvalue weighted by Crippen LogP contribution is 1.94. The molecule has 78 valence electrons. The van der Waals surface area contributed by atoms with Crippen LogP contribution in [0.2, 0.25) is 0 Å². The SMILES string of the molecule is CCCCC(=O)NCCc1ccn[nH]1. The summed E-state index contributed by atoms with van der Waals surface area (Å²) in [5.74, 6) is 0.145. The van der Waals surface area contributed by atoms with E-state index < -0.39 is 0 Å². The number of rotatable bonds is 6. The maximum atomic E-state index is 11.2. The Morgan fingerprint density at radius 2 is 2.50 bits per heavy atom. The summed E-state index contributed by atoms with van der Waals surface area (Å²) >= 11 is 0. The van der Waals surface area contributed by atoms with Crippen LogP contribution in [0.1, 0.15) is 31.9 Å². The van der Waals surface area contributed by atoms with E-state index in [0.717, 1.165) is 25.0 Å². The first-order valence-electron chi connectivity index (χ1n) is 5.08. The molecule has 0 fully saturated rings. The molecule has 1 amide bonds. The average Bonchev–Trinajstić information content (AvgIpc) is 2.67. The number of nitrogens with one attached hydrogen (secondary N) is 2. The number of carbonyl (C=O) groups excluding carboxylic acids is 1. The quantitative estimate of drug-likeness (QED) is 0.718. The van der Waals surface area contributed by atoms with Crippen LogP contribution in [0.4, 0.5) is 0 Å². The van der Waals surface area contributed by atoms with Gasteiger partial charge in [0, 0.05) is 31.3 Å². The van der Waals surface area contributed by atoms with Crippen LogP contribution in [-0.2, 0) is 11.2 Å². The van der Waals surface area contributed by atoms with Crippen LogP contribution in [0.25, 0.3) is 0 Å². The van der Waals surface area contributed by atoms with Gasteiger partial charge in [-0.1, -0.05) is 13.3 Å². The molecular weight excluding hydrogens is 178 g/mol. The number of hydrogen-bond donors (Lipinski definition) is 2. The number of nitrogens with zero attached hydrogens (tertiary/aromatic N) is 1. The lowest BCUT2D eigenvalue weighted by atomic mass is 10.2. The molecule has 0 aliphatic rings. The molecular formula is C10H17N3O. The molecule has 0 atom stereocenters. The zero-order valence-corrected chi connectivity index (χ0v) is 8.55. The number of unbranched alkanes of at least 4 members (excludes halogenated alkanes) is 1. The fraction of sp³-hybridized carbons (Fsp3) is 0.600. The third-order valence-electron chi connectivity index (χ3n) is 2.03. The van der Waals surface area contributed by atoms with Gasteiger partial charge in [-0.05, 0) is 12.5 Å². The number of aromatic nitrogens is 2. The van der Waals surface area contributed by atoms with Crippen LogP contribution in [0, 0.1) is 0 Å². The van der Waals surface area contributed by atoms with E-state index in [-0.39, 0.29) is 5.91 Å². The smallest absolute Gasteiger partial charge is 0.220 e. The largest absolute Gasteiger partial charge is 0.356 e. The Kier molecular flexibility index (Phi) is 4.75. The van der Waals surface area contributed by atoms with Crippen molar-refractivity contribution in [1.29, 1.82) is 0 Å². The molecule has 1 aromatic rings. The number of carbonyl (C=O) groups is 1. The lowest BCUT2D eigenvalue weighted by Gasteiger charge is -2.02. The highest BCUT2D eigenvalue weighted by molar-refractivity contribution is 5.75. The molecule has 0 aliphatic heterocycles. The maximum Gasteiger partial charge on any atom is 0.220 e. The van der Waals surface area contributed by atoms with Crippen molar-refractivity contribution in [3.8, 4) is 0 Å². The molecule has 0 aliphatic carbocycles. The number of aromatic amines is 1. The summed E-state index contributed by atoms with van der Waals surface area (Å²) in [5.41, 5.74) is 1.06. The van der Waals surface area contributed by atoms with Crippen molar-refractivity contribution in [2.45, 2.75) is 32.6 Å². The number of hydrogen-bond acceptors (Lipinski definition) is 2. The third-order valence-corrected chi connectivity index (χ3v) is 2.03. The Bertz CT molecular complexity index is 256. The molecule has 1 aromatic heterocycles. The van der Waals surface area contributed by atoms with Crippen LogP contribution in [0.15, 0.2) is 12.3 Å². The summed E-state index contributed by atoms with van der Waals surface area (Å²) in [6.07, 6.45) is 5.20. The zero-order valence-electron chi connectivity index (χ0n) is 8.55. The van der Waals surface area contributed by atoms with Crippen molar-refractivity contribution in [3.05, 3.63) is 18.0 Å². The third kappa shape index (κ3) is 4.07. The number of amides is 1. The fourth-order valence-corrected chi connectivity index (χ4v) is 1.19. The van der Waals surface area contributed by atoms with E-state index in [1.165, 1.54) is 0 Å². The zero-order chi connectivity index (χ0) is 10.2. The Hall–Kier alpha value is -1.32. The molecule has 0 saturated heterocycles. The standard InChI is InChI=1S/C10H17N3O/c1-2-3-4-10(14)11-7-5-9-6-8-12-13-9/h6,8H,2-5,7H2,1H3,(H,11,14)(H,12,13). The highest BCUT2D eigenvalue weighted by atomic mass is 16.1. The lowest BCUT2D eigenvalue weighted by molar-refractivity contribution is -0.121. The highest BCUT2D eigenvalue weighted by Gasteiger charge is 1.99. The van der Waals surface area contributed by atoms with Crippen LogP contribution in [-0.4, -0.2) is 22.6 Å². The molecule has 0 saturated carbocycles. The van der Waals surface area contributed by atoms with E-state index in [1.807, 2.05) is 6.07 Å². The minimum absolute atomic E-state index is 0.145. The van der Waals surface area contributed by atoms with Gasteiger partial charge in [-0.15, -0.1) is 0 Å². The van der Waals surface area contributed by atoms with E-state index in [9.17, 15) is 4.79 Å². The van der Waals surface area contributed by atoms with Crippen molar-refractivity contribution in [3.63, 3.8) is 0 Å². The van der Waals surface area contributed by atoms with Crippen LogP contribution >= 0.6 is 0 Å². The first kappa shape index (κ1) is 10.8. The lowest BCUT2D eigenvalue weighted by Crippen LogP contribution is -2.25. The molecule has 1 heterocycles. The number of H-pyrrole nitrogens is 1. The molecule has 14 heavy (non-hydrogen) atoms. The predicted octanol–water partition coefficient (Wildman–Crippen LogP) is 1.26. The molecule has 4 heteroatoms. The van der Waals surface area contributed by atoms with Crippen molar-refractivity contribution in [1.82, 2.24) is 15.5 Å². The molecule has 0 radical (unpaired) electrons. The van der Waals surface area contributed by atoms with Crippen LogP contribution in [0.3, 0.4) is 0 Å². The normalized spacial score (nSPS) is 10.1. The van der Waals surface area contributed by atoms with Gasteiger partial charge in [0.25, 0.3) is 0 Å². The van der Waals surface area contributed by atoms with Gasteiger partial charge in [0.2, 0.25) is 5.91 Å². The summed E-state index contributed by atoms with van der Waals surface area (Å²) < 4.78 is 0. The topological polar surface area (TPSA) is 57.8 Å². The monoisotopic (exact) mass is 195 g/mol. The molecule has 0 unspecified atom stereocenters. The van der Waals surface area contributed by atoms with Gasteiger partial charge < -0.3 is 5.32 Å². The molecule has 2 N–H and O–H groups in total. The average molecular weight is 195 g/mol. The molecule has 0 bridgehead atoms. The predicted molar refractivity (Wildman–Crippen MR) is 54.8 cm³/mol. The Balaban J connectivity index is 2.06. The van der Waals surface area contributed by atoms with Crippen LogP contribution < -0.4 is 5.32 Å². The second-order valence-corrected chi connectivity index (χ2v) is 3.29. The van der Waals surface area contributed by atoms with E-state index in [1.54, 1.807) is 6.20 Å². The Labute approximate surface area is 84.1 Å². The van der Waals surface area contributed by atoms with Gasteiger partial charge in [-0.25, -0.2) is 0 Å². The van der Waals surface area contributed by atoms with Crippen molar-refractivity contribution < 1.29 is 4.79 Å². The molecule has 1 rings (SSSR count). The van der Waals surface area contributed by atoms with Gasteiger partial charge in [0.1, 0.15) is 0 Å². The maximum absolute atomic E-state index is 11.2. The second-order valence-electron chi connectivity index (χ2n) is 3.29. The van der Waals surface area contributed by atoms with Gasteiger partial charge in [-0.2, -0.15) is 5.10 Å². The summed E-state index contributed by atoms with van der Waals surface area (Å²) in [6, 6.07) is 1.91. The first-order valence-corrected chi connectivity index (χ1v) is 5.08. The van der Waals surface area contributed by atoms with Gasteiger partial charge in [-0.3, -0.25) is 9.89 Å². The van der Waals surface area contributed by atoms with Crippen LogP contribution in [0.5, 0.6) is 0 Å². The van der Waals surface area contributed by atoms with Gasteiger partial charge in [0.15, 0.2) is 0 Å². The molecule has 4 nitrogen and oxygen atoms in total. The van der Waals surface area contributed by atoms with Crippen molar-refractivity contribution in [2.24, 2.45) is 0 Å². The van der Waals surface area contributed by atoms with Gasteiger partial charge in [0.05, 0.1) is 0 Å². The minimum Gasteiger partial charge on any atom is -0.356 e. The second kappa shape index (κ2) is 6.18. The Morgan fingerprint density at radius 1 is 1.64 bits per heavy atom. The van der Waals surface area contributed by atoms with E-state index >= 15 is 0 Å². The molecule has 0 spiro atoms. The summed E-state index contributed by atoms with van der Waals surface area (Å²) in [5, 5.41) is 9.55. The van der Waals surface area contributed by atoms with Crippen molar-refractivity contribution >= 4 is 5.91 Å².